The van der Waals surface area contributed by atoms with Crippen LogP contribution in [-0.2, 0) is 4.79 Å². The fraction of sp³-hybridized carbons (Fsp3) is 0.238. The Hall–Kier alpha value is -2.79. The number of hydrazone groups is 1. The summed E-state index contributed by atoms with van der Waals surface area (Å²) >= 11 is 6.19. The van der Waals surface area contributed by atoms with E-state index in [0.717, 1.165) is 22.9 Å². The van der Waals surface area contributed by atoms with Gasteiger partial charge in [0.25, 0.3) is 5.91 Å². The summed E-state index contributed by atoms with van der Waals surface area (Å²) in [6.07, 6.45) is 2.61. The average molecular weight is 384 g/mol. The molecule has 0 aliphatic carbocycles. The minimum absolute atomic E-state index is 0.109. The molecule has 0 saturated heterocycles. The van der Waals surface area contributed by atoms with E-state index in [-0.39, 0.29) is 12.5 Å². The first-order valence-electron chi connectivity index (χ1n) is 8.89. The Morgan fingerprint density at radius 3 is 2.74 bits per heavy atom. The van der Waals surface area contributed by atoms with Crippen LogP contribution in [0.5, 0.6) is 5.75 Å². The van der Waals surface area contributed by atoms with E-state index in [1.165, 1.54) is 11.8 Å². The summed E-state index contributed by atoms with van der Waals surface area (Å²) in [7, 11) is 0. The number of aromatic amines is 1. The molecule has 1 atom stereocenters. The zero-order valence-corrected chi connectivity index (χ0v) is 16.1. The molecule has 6 heteroatoms. The summed E-state index contributed by atoms with van der Waals surface area (Å²) < 4.78 is 5.50. The van der Waals surface area contributed by atoms with Crippen LogP contribution in [0.15, 0.2) is 53.6 Å². The lowest BCUT2D eigenvalue weighted by Crippen LogP contribution is -2.24. The molecule has 5 nitrogen and oxygen atoms in total. The van der Waals surface area contributed by atoms with Crippen molar-refractivity contribution in [3.8, 4) is 5.75 Å². The van der Waals surface area contributed by atoms with Gasteiger partial charge >= 0.3 is 0 Å². The highest BCUT2D eigenvalue weighted by Gasteiger charge is 2.08. The Morgan fingerprint density at radius 1 is 1.26 bits per heavy atom. The highest BCUT2D eigenvalue weighted by molar-refractivity contribution is 6.34. The molecule has 2 N–H and O–H groups in total. The van der Waals surface area contributed by atoms with Crippen molar-refractivity contribution in [3.05, 3.63) is 64.8 Å². The molecule has 0 aliphatic heterocycles. The second-order valence-corrected chi connectivity index (χ2v) is 6.74. The first-order chi connectivity index (χ1) is 13.1. The van der Waals surface area contributed by atoms with E-state index in [2.05, 4.69) is 29.4 Å². The molecule has 140 valence electrons. The van der Waals surface area contributed by atoms with Gasteiger partial charge in [-0.05, 0) is 36.1 Å². The van der Waals surface area contributed by atoms with Gasteiger partial charge < -0.3 is 9.72 Å². The van der Waals surface area contributed by atoms with Crippen molar-refractivity contribution >= 4 is 34.6 Å². The highest BCUT2D eigenvalue weighted by atomic mass is 35.5. The number of carbonyl (C=O) groups excluding carboxylic acids is 1. The summed E-state index contributed by atoms with van der Waals surface area (Å²) in [5.74, 6) is 0.821. The lowest BCUT2D eigenvalue weighted by molar-refractivity contribution is -0.123. The minimum atomic E-state index is -0.340. The number of benzene rings is 2. The van der Waals surface area contributed by atoms with Crippen molar-refractivity contribution in [2.45, 2.75) is 26.2 Å². The van der Waals surface area contributed by atoms with Crippen LogP contribution >= 0.6 is 11.6 Å². The third-order valence-electron chi connectivity index (χ3n) is 4.51. The summed E-state index contributed by atoms with van der Waals surface area (Å²) in [6, 6.07) is 15.5. The number of H-pyrrole nitrogens is 1. The maximum atomic E-state index is 11.9. The van der Waals surface area contributed by atoms with E-state index in [9.17, 15) is 4.79 Å². The minimum Gasteiger partial charge on any atom is -0.484 e. The Labute approximate surface area is 163 Å². The van der Waals surface area contributed by atoms with Gasteiger partial charge in [0.1, 0.15) is 10.9 Å². The van der Waals surface area contributed by atoms with Gasteiger partial charge in [0, 0.05) is 16.5 Å². The van der Waals surface area contributed by atoms with Gasteiger partial charge in [-0.1, -0.05) is 55.8 Å². The number of ether oxygens (including phenoxy) is 1. The molecule has 1 heterocycles. The topological polar surface area (TPSA) is 66.5 Å². The van der Waals surface area contributed by atoms with Crippen molar-refractivity contribution in [2.24, 2.45) is 5.10 Å². The number of carbonyl (C=O) groups is 1. The predicted octanol–water partition coefficient (Wildman–Crippen LogP) is 4.86. The smallest absolute Gasteiger partial charge is 0.277 e. The van der Waals surface area contributed by atoms with Crippen LogP contribution in [-0.4, -0.2) is 23.7 Å². The molecule has 0 saturated carbocycles. The third kappa shape index (κ3) is 4.68. The van der Waals surface area contributed by atoms with E-state index in [0.29, 0.717) is 16.8 Å². The molecule has 0 spiro atoms. The van der Waals surface area contributed by atoms with Gasteiger partial charge in [-0.3, -0.25) is 4.79 Å². The molecule has 1 aromatic heterocycles. The van der Waals surface area contributed by atoms with Crippen LogP contribution in [0.2, 0.25) is 5.15 Å². The number of halogens is 1. The standard InChI is InChI=1S/C21H22ClN3O2/c1-3-14(2)15-8-10-16(11-9-15)27-13-20(26)25-23-12-18-17-6-4-5-7-19(17)24-21(18)22/h4-12,14,24H,3,13H2,1-2H3,(H,25,26)/b23-12+/t14-/m0/s1. The summed E-state index contributed by atoms with van der Waals surface area (Å²) in [4.78, 5) is 15.0. The number of hydrogen-bond donors (Lipinski definition) is 2. The van der Waals surface area contributed by atoms with Gasteiger partial charge in [-0.25, -0.2) is 5.43 Å². The van der Waals surface area contributed by atoms with Gasteiger partial charge in [-0.15, -0.1) is 0 Å². The Morgan fingerprint density at radius 2 is 2.00 bits per heavy atom. The summed E-state index contributed by atoms with van der Waals surface area (Å²) in [5.41, 5.74) is 5.36. The van der Waals surface area contributed by atoms with Crippen LogP contribution in [0.25, 0.3) is 10.9 Å². The SMILES string of the molecule is CC[C@H](C)c1ccc(OCC(=O)N/N=C/c2c(Cl)[nH]c3ccccc23)cc1. The predicted molar refractivity (Wildman–Crippen MR) is 110 cm³/mol. The van der Waals surface area contributed by atoms with Gasteiger partial charge in [-0.2, -0.15) is 5.10 Å². The van der Waals surface area contributed by atoms with Crippen molar-refractivity contribution in [3.63, 3.8) is 0 Å². The second-order valence-electron chi connectivity index (χ2n) is 6.36. The van der Waals surface area contributed by atoms with Crippen molar-refractivity contribution in [1.82, 2.24) is 10.4 Å². The zero-order valence-electron chi connectivity index (χ0n) is 15.3. The average Bonchev–Trinajstić information content (AvgIpc) is 3.01. The van der Waals surface area contributed by atoms with E-state index < -0.39 is 0 Å². The molecule has 0 unspecified atom stereocenters. The molecule has 0 radical (unpaired) electrons. The molecule has 0 aliphatic rings. The maximum Gasteiger partial charge on any atom is 0.277 e. The van der Waals surface area contributed by atoms with Crippen molar-refractivity contribution < 1.29 is 9.53 Å². The van der Waals surface area contributed by atoms with E-state index in [1.807, 2.05) is 48.5 Å². The molecule has 1 amide bonds. The van der Waals surface area contributed by atoms with Crippen LogP contribution < -0.4 is 10.2 Å². The molecule has 3 aromatic rings. The molecule has 3 rings (SSSR count). The fourth-order valence-electron chi connectivity index (χ4n) is 2.74. The first kappa shape index (κ1) is 19.0. The Bertz CT molecular complexity index is 948. The number of hydrogen-bond acceptors (Lipinski definition) is 3. The number of rotatable bonds is 7. The maximum absolute atomic E-state index is 11.9. The first-order valence-corrected chi connectivity index (χ1v) is 9.27. The fourth-order valence-corrected chi connectivity index (χ4v) is 2.99. The molecular weight excluding hydrogens is 362 g/mol. The molecule has 0 bridgehead atoms. The van der Waals surface area contributed by atoms with E-state index in [4.69, 9.17) is 16.3 Å². The van der Waals surface area contributed by atoms with Gasteiger partial charge in [0.05, 0.1) is 6.21 Å². The number of aromatic nitrogens is 1. The van der Waals surface area contributed by atoms with Crippen molar-refractivity contribution in [1.29, 1.82) is 0 Å². The van der Waals surface area contributed by atoms with E-state index in [1.54, 1.807) is 0 Å². The quantitative estimate of drug-likeness (QED) is 0.451. The van der Waals surface area contributed by atoms with E-state index >= 15 is 0 Å². The van der Waals surface area contributed by atoms with Crippen LogP contribution in [0.3, 0.4) is 0 Å². The highest BCUT2D eigenvalue weighted by Crippen LogP contribution is 2.24. The Balaban J connectivity index is 1.53. The van der Waals surface area contributed by atoms with Crippen LogP contribution in [0.4, 0.5) is 0 Å². The molecule has 0 fully saturated rings. The Kier molecular flexibility index (Phi) is 6.14. The lowest BCUT2D eigenvalue weighted by atomic mass is 9.99. The molecule has 27 heavy (non-hydrogen) atoms. The number of fused-ring (bicyclic) bond motifs is 1. The zero-order chi connectivity index (χ0) is 19.2. The second kappa shape index (κ2) is 8.73. The van der Waals surface area contributed by atoms with Gasteiger partial charge in [0.2, 0.25) is 0 Å². The summed E-state index contributed by atoms with van der Waals surface area (Å²) in [6.45, 7) is 4.23. The third-order valence-corrected chi connectivity index (χ3v) is 4.81. The number of nitrogens with one attached hydrogen (secondary N) is 2. The molecular formula is C21H22ClN3O2. The molecule has 2 aromatic carbocycles. The number of nitrogens with zero attached hydrogens (tertiary/aromatic N) is 1. The largest absolute Gasteiger partial charge is 0.484 e. The normalized spacial score (nSPS) is 12.4. The van der Waals surface area contributed by atoms with Crippen molar-refractivity contribution in [2.75, 3.05) is 6.61 Å². The summed E-state index contributed by atoms with van der Waals surface area (Å²) in [5, 5.41) is 5.40. The van der Waals surface area contributed by atoms with Gasteiger partial charge in [0.15, 0.2) is 6.61 Å². The monoisotopic (exact) mass is 383 g/mol. The number of para-hydroxylation sites is 1. The van der Waals surface area contributed by atoms with Crippen LogP contribution in [0.1, 0.15) is 37.3 Å². The number of amides is 1. The lowest BCUT2D eigenvalue weighted by Gasteiger charge is -2.10. The van der Waals surface area contributed by atoms with Crippen LogP contribution in [0, 0.1) is 0 Å².